The van der Waals surface area contributed by atoms with Gasteiger partial charge in [-0.25, -0.2) is 84.2 Å². The summed E-state index contributed by atoms with van der Waals surface area (Å²) < 4.78 is 135. The second-order valence-corrected chi connectivity index (χ2v) is 25.3. The molecule has 119 heavy (non-hydrogen) atoms. The molecule has 0 saturated carbocycles. The highest BCUT2D eigenvalue weighted by atomic mass is 79.9. The third-order valence-electron chi connectivity index (χ3n) is 16.6. The first-order valence-corrected chi connectivity index (χ1v) is 36.0. The Balaban J connectivity index is 0.000000164. The van der Waals surface area contributed by atoms with E-state index in [1.54, 1.807) is 84.9 Å². The Morgan fingerprint density at radius 2 is 0.706 bits per heavy atom. The van der Waals surface area contributed by atoms with Crippen molar-refractivity contribution in [3.05, 3.63) is 355 Å². The average molecular weight is 1690 g/mol. The van der Waals surface area contributed by atoms with Crippen LogP contribution in [0.15, 0.2) is 224 Å². The van der Waals surface area contributed by atoms with E-state index in [2.05, 4.69) is 107 Å². The first-order valence-electron chi connectivity index (χ1n) is 34.9. The molecule has 0 aliphatic carbocycles. The summed E-state index contributed by atoms with van der Waals surface area (Å²) in [5, 5.41) is 27.6. The van der Waals surface area contributed by atoms with E-state index in [9.17, 15) is 68.3 Å². The summed E-state index contributed by atoms with van der Waals surface area (Å²) in [7, 11) is 1.07. The zero-order valence-electron chi connectivity index (χ0n) is 61.9. The number of carbonyl (C=O) groups excluding carboxylic acids is 5. The number of H-pyrrole nitrogens is 3. The molecule has 0 saturated heterocycles. The van der Waals surface area contributed by atoms with Crippen molar-refractivity contribution in [3.63, 3.8) is 0 Å². The highest BCUT2D eigenvalue weighted by Crippen LogP contribution is 2.28. The van der Waals surface area contributed by atoms with Crippen molar-refractivity contribution < 1.29 is 77.7 Å². The van der Waals surface area contributed by atoms with E-state index in [1.807, 2.05) is 0 Å². The van der Waals surface area contributed by atoms with Crippen LogP contribution < -0.4 is 36.3 Å². The maximum atomic E-state index is 14.0. The van der Waals surface area contributed by atoms with E-state index in [1.165, 1.54) is 127 Å². The van der Waals surface area contributed by atoms with Crippen molar-refractivity contribution in [2.24, 2.45) is 0 Å². The molecule has 0 spiro atoms. The maximum Gasteiger partial charge on any atom is 0.359 e. The van der Waals surface area contributed by atoms with E-state index in [0.29, 0.717) is 38.8 Å². The van der Waals surface area contributed by atoms with E-state index in [4.69, 9.17) is 9.47 Å². The number of aromatic nitrogens is 14. The van der Waals surface area contributed by atoms with Crippen molar-refractivity contribution in [1.82, 2.24) is 91.3 Å². The van der Waals surface area contributed by atoms with Crippen LogP contribution in [-0.4, -0.2) is 115 Å². The van der Waals surface area contributed by atoms with Crippen molar-refractivity contribution >= 4 is 87.0 Å². The van der Waals surface area contributed by atoms with Gasteiger partial charge in [0.05, 0.1) is 13.7 Å². The molecule has 603 valence electrons. The number of aromatic amines is 3. The van der Waals surface area contributed by atoms with Gasteiger partial charge in [-0.2, -0.15) is 0 Å². The number of methoxy groups -OCH3 is 1. The molecule has 7 aromatic heterocycles. The number of nitrogens with zero attached hydrogens (tertiary/aromatic N) is 11. The third kappa shape index (κ3) is 24.1. The summed E-state index contributed by atoms with van der Waals surface area (Å²) in [6.45, 7) is 1.10. The van der Waals surface area contributed by atoms with Crippen LogP contribution in [0.5, 0.6) is 11.8 Å². The summed E-state index contributed by atoms with van der Waals surface area (Å²) >= 11 is 3.26. The first-order chi connectivity index (χ1) is 57.1. The van der Waals surface area contributed by atoms with Gasteiger partial charge in [-0.05, 0) is 142 Å². The van der Waals surface area contributed by atoms with E-state index < -0.39 is 58.2 Å². The summed E-state index contributed by atoms with van der Waals surface area (Å²) in [5.74, 6) is -6.70. The van der Waals surface area contributed by atoms with Crippen molar-refractivity contribution in [3.8, 4) is 11.8 Å². The zero-order valence-corrected chi connectivity index (χ0v) is 63.5. The number of rotatable bonds is 22. The molecule has 0 atom stereocenters. The number of fused-ring (bicyclic) bond motifs is 3. The molecule has 0 unspecified atom stereocenters. The number of nitrogens with one attached hydrogen (secondary N) is 7. The molecular formula is C81H62BBrF9N18O9. The monoisotopic (exact) mass is 1690 g/mol. The van der Waals surface area contributed by atoms with Crippen LogP contribution in [-0.2, 0) is 56.0 Å². The number of amides is 4. The van der Waals surface area contributed by atoms with Crippen LogP contribution in [0.3, 0.4) is 0 Å². The van der Waals surface area contributed by atoms with Crippen molar-refractivity contribution in [2.45, 2.75) is 51.3 Å². The largest absolute Gasteiger partial charge is 0.470 e. The molecule has 0 bridgehead atoms. The quantitative estimate of drug-likeness (QED) is 0.0143. The average Bonchev–Trinajstić information content (AvgIpc) is 1.85. The molecule has 3 radical (unpaired) electrons. The first kappa shape index (κ1) is 86.6. The SMILES string of the molecule is COC(=O)c1ncnc(C(=O)NCc2ccc(F)cc2)c1F.Fc1ccc(CBr)cc1.O=C(NCc1ccc(F)cc1)c1ncnc2c(=O)[nH][nH]c12.O=C(NCc1ccc(F)cc1)c1ncnc2c(OCc3ccc(F)cc3)n[nH]c12.O=C(NCc1ccc(F)cc1)c1ncnc2c(OCc3ccc(F)cc3)nn(Cc3ccc(F)cc3)c12.[B]. The number of halogens is 10. The summed E-state index contributed by atoms with van der Waals surface area (Å²) in [5.41, 5.74) is 6.47. The normalized spacial score (nSPS) is 10.5. The molecule has 0 aliphatic rings. The van der Waals surface area contributed by atoms with Crippen molar-refractivity contribution in [2.75, 3.05) is 7.11 Å². The Labute approximate surface area is 678 Å². The fourth-order valence-corrected chi connectivity index (χ4v) is 10.9. The molecule has 0 aliphatic heterocycles. The second-order valence-electron chi connectivity index (χ2n) is 24.7. The molecule has 38 heteroatoms. The minimum atomic E-state index is -1.16. The number of esters is 1. The van der Waals surface area contributed by atoms with Gasteiger partial charge in [0.15, 0.2) is 50.8 Å². The molecule has 27 nitrogen and oxygen atoms in total. The van der Waals surface area contributed by atoms with Gasteiger partial charge in [-0.1, -0.05) is 113 Å². The van der Waals surface area contributed by atoms with Crippen molar-refractivity contribution in [1.29, 1.82) is 0 Å². The topological polar surface area (TPSA) is 359 Å². The van der Waals surface area contributed by atoms with Crippen LogP contribution in [0.1, 0.15) is 96.9 Å². The van der Waals surface area contributed by atoms with Gasteiger partial charge in [-0.15, -0.1) is 10.2 Å². The standard InChI is InChI=1S/C27H20F3N5O2.C20H15F2N5O2.C14H11F2N3O3.C13H10FN5O2.C7H6BrF.B/c28-20-7-1-17(2-8-20)13-31-26(36)23-25-24(33-16-32-23)27(37-15-19-5-11-22(30)12-6-19)34-35(25)14-18-3-9-21(29)10-4-18;21-14-5-1-12(2-6-14)9-23-19(28)17-16-18(25-11-24-17)20(27-26-16)29-10-13-3-7-15(22)8-4-13;1-22-14(21)12-10(16)11(18-7-19-12)13(20)17-6-8-2-4-9(15)5-3-8;14-8-3-1-7(2-4-8)5-15-12(20)10-9-11(17-6-16-10)13(21)19-18-9;8-5-6-1-3-7(9)4-2-6;/h1-12,16H,13-15H2,(H,31,36);1-8,11H,9-10H2,(H,23,28)(H,26,27);2-5,7H,6H2,1H3,(H,17,20);1-4,6H,5H2,(H,15,20)(H2,18,19,21);1-4H,5H2;. The Hall–Kier alpha value is -14.8. The Kier molecular flexibility index (Phi) is 30.5. The van der Waals surface area contributed by atoms with Gasteiger partial charge < -0.3 is 35.5 Å². The Morgan fingerprint density at radius 3 is 1.13 bits per heavy atom. The van der Waals surface area contributed by atoms with Gasteiger partial charge in [0.1, 0.15) is 102 Å². The van der Waals surface area contributed by atoms with Gasteiger partial charge >= 0.3 is 5.97 Å². The fraction of sp³-hybridized carbons (Fsp3) is 0.111. The maximum absolute atomic E-state index is 14.0. The van der Waals surface area contributed by atoms with Crippen LogP contribution in [0.2, 0.25) is 0 Å². The van der Waals surface area contributed by atoms with Crippen LogP contribution in [0.25, 0.3) is 33.1 Å². The lowest BCUT2D eigenvalue weighted by atomic mass is 10.2. The lowest BCUT2D eigenvalue weighted by Gasteiger charge is -2.08. The predicted octanol–water partition coefficient (Wildman–Crippen LogP) is 12.5. The molecular weight excluding hydrogens is 1630 g/mol. The summed E-state index contributed by atoms with van der Waals surface area (Å²) in [6, 6.07) is 46.8. The molecule has 7 N–H and O–H groups in total. The Morgan fingerprint density at radius 1 is 0.378 bits per heavy atom. The number of alkyl halides is 1. The molecule has 8 aromatic carbocycles. The Bertz CT molecular complexity index is 6030. The molecule has 0 fully saturated rings. The minimum Gasteiger partial charge on any atom is -0.470 e. The lowest BCUT2D eigenvalue weighted by molar-refractivity contribution is 0.0587. The summed E-state index contributed by atoms with van der Waals surface area (Å²) in [6.07, 6.45) is 4.53. The smallest absolute Gasteiger partial charge is 0.359 e. The molecule has 15 rings (SSSR count). The van der Waals surface area contributed by atoms with Gasteiger partial charge in [0.2, 0.25) is 0 Å². The highest BCUT2D eigenvalue weighted by molar-refractivity contribution is 9.08. The highest BCUT2D eigenvalue weighted by Gasteiger charge is 2.26. The number of benzene rings is 8. The molecule has 7 heterocycles. The van der Waals surface area contributed by atoms with Gasteiger partial charge in [0.25, 0.3) is 40.9 Å². The summed E-state index contributed by atoms with van der Waals surface area (Å²) in [4.78, 5) is 104. The van der Waals surface area contributed by atoms with Gasteiger partial charge in [-0.3, -0.25) is 44.0 Å². The predicted molar refractivity (Wildman–Crippen MR) is 417 cm³/mol. The number of carbonyl (C=O) groups is 5. The van der Waals surface area contributed by atoms with E-state index in [-0.39, 0.29) is 135 Å². The zero-order chi connectivity index (χ0) is 83.6. The van der Waals surface area contributed by atoms with E-state index >= 15 is 0 Å². The molecule has 15 aromatic rings. The lowest BCUT2D eigenvalue weighted by Crippen LogP contribution is -2.26. The number of ether oxygens (including phenoxy) is 3. The fourth-order valence-electron chi connectivity index (χ4n) is 10.5. The van der Waals surface area contributed by atoms with E-state index in [0.717, 1.165) is 52.9 Å². The van der Waals surface area contributed by atoms with Crippen LogP contribution >= 0.6 is 15.9 Å². The van der Waals surface area contributed by atoms with Crippen LogP contribution in [0, 0.1) is 52.4 Å². The number of hydrogen-bond donors (Lipinski definition) is 7. The molecule has 4 amide bonds. The number of hydrogen-bond acceptors (Lipinski definition) is 19. The second kappa shape index (κ2) is 42.0. The third-order valence-corrected chi connectivity index (χ3v) is 17.2. The van der Waals surface area contributed by atoms with Crippen LogP contribution in [0.4, 0.5) is 39.5 Å². The minimum absolute atomic E-state index is 0. The van der Waals surface area contributed by atoms with Gasteiger partial charge in [0, 0.05) is 39.9 Å².